The normalized spacial score (nSPS) is 12.2. The number of aromatic nitrogens is 3. The van der Waals surface area contributed by atoms with E-state index in [1.165, 1.54) is 10.2 Å². The van der Waals surface area contributed by atoms with Crippen LogP contribution in [0.4, 0.5) is 0 Å². The molecule has 0 spiro atoms. The quantitative estimate of drug-likeness (QED) is 0.500. The van der Waals surface area contributed by atoms with Crippen molar-refractivity contribution < 1.29 is 9.53 Å². The Morgan fingerprint density at radius 1 is 1.13 bits per heavy atom. The fraction of sp³-hybridized carbons (Fsp3) is 0.292. The molecule has 7 nitrogen and oxygen atoms in total. The molecule has 0 aliphatic carbocycles. The van der Waals surface area contributed by atoms with Gasteiger partial charge in [-0.2, -0.15) is 5.10 Å². The van der Waals surface area contributed by atoms with E-state index in [0.717, 1.165) is 23.7 Å². The second kappa shape index (κ2) is 8.63. The molecule has 0 aliphatic rings. The number of amides is 1. The Kier molecular flexibility index (Phi) is 5.75. The number of nitrogens with zero attached hydrogens (tertiary/aromatic N) is 3. The van der Waals surface area contributed by atoms with Gasteiger partial charge in [0.15, 0.2) is 0 Å². The topological polar surface area (TPSA) is 77.6 Å². The van der Waals surface area contributed by atoms with E-state index in [9.17, 15) is 9.59 Å². The van der Waals surface area contributed by atoms with Gasteiger partial charge in [0.05, 0.1) is 12.6 Å². The molecule has 0 saturated heterocycles. The molecule has 31 heavy (non-hydrogen) atoms. The first-order valence-electron chi connectivity index (χ1n) is 10.4. The van der Waals surface area contributed by atoms with Crippen LogP contribution in [0.2, 0.25) is 0 Å². The summed E-state index contributed by atoms with van der Waals surface area (Å²) in [4.78, 5) is 25.6. The van der Waals surface area contributed by atoms with Crippen LogP contribution in [0.25, 0.3) is 16.4 Å². The van der Waals surface area contributed by atoms with Crippen LogP contribution in [0.3, 0.4) is 0 Å². The lowest BCUT2D eigenvalue weighted by Crippen LogP contribution is -2.39. The van der Waals surface area contributed by atoms with Gasteiger partial charge in [0.25, 0.3) is 5.56 Å². The maximum absolute atomic E-state index is 13.0. The maximum atomic E-state index is 13.0. The first-order chi connectivity index (χ1) is 15.0. The van der Waals surface area contributed by atoms with Gasteiger partial charge in [-0.1, -0.05) is 36.4 Å². The minimum atomic E-state index is -0.309. The average Bonchev–Trinajstić information content (AvgIpc) is 3.17. The molecule has 0 bridgehead atoms. The monoisotopic (exact) mass is 418 g/mol. The molecule has 4 rings (SSSR count). The Morgan fingerprint density at radius 2 is 1.90 bits per heavy atom. The molecule has 2 aromatic heterocycles. The number of carbonyl (C=O) groups is 1. The molecule has 1 amide bonds. The van der Waals surface area contributed by atoms with Gasteiger partial charge in [-0.05, 0) is 50.5 Å². The van der Waals surface area contributed by atoms with E-state index >= 15 is 0 Å². The van der Waals surface area contributed by atoms with E-state index in [4.69, 9.17) is 4.74 Å². The van der Waals surface area contributed by atoms with Crippen molar-refractivity contribution in [3.05, 3.63) is 76.3 Å². The van der Waals surface area contributed by atoms with E-state index in [0.29, 0.717) is 17.1 Å². The summed E-state index contributed by atoms with van der Waals surface area (Å²) < 4.78 is 8.46. The number of methoxy groups -OCH3 is 1. The number of ether oxygens (including phenoxy) is 1. The van der Waals surface area contributed by atoms with E-state index in [2.05, 4.69) is 22.5 Å². The molecular formula is C24H26N4O3. The SMILES string of the molecule is COc1cccc2c1cc1c(=O)n(CC(=O)NC(C)CCc3ccccc3)nc(C)n12. The van der Waals surface area contributed by atoms with Gasteiger partial charge in [-0.15, -0.1) is 0 Å². The number of rotatable bonds is 7. The summed E-state index contributed by atoms with van der Waals surface area (Å²) in [7, 11) is 1.60. The Morgan fingerprint density at radius 3 is 2.65 bits per heavy atom. The van der Waals surface area contributed by atoms with Crippen LogP contribution in [-0.4, -0.2) is 33.2 Å². The van der Waals surface area contributed by atoms with Crippen molar-refractivity contribution >= 4 is 22.3 Å². The van der Waals surface area contributed by atoms with Crippen molar-refractivity contribution in [2.24, 2.45) is 0 Å². The van der Waals surface area contributed by atoms with E-state index in [-0.39, 0.29) is 24.1 Å². The number of benzene rings is 2. The summed E-state index contributed by atoms with van der Waals surface area (Å²) in [5, 5.41) is 8.19. The van der Waals surface area contributed by atoms with Gasteiger partial charge in [0, 0.05) is 11.4 Å². The molecule has 0 saturated carbocycles. The van der Waals surface area contributed by atoms with Crippen molar-refractivity contribution in [3.63, 3.8) is 0 Å². The first kappa shape index (κ1) is 20.7. The highest BCUT2D eigenvalue weighted by Gasteiger charge is 2.16. The second-order valence-electron chi connectivity index (χ2n) is 7.76. The Bertz CT molecular complexity index is 1290. The molecule has 0 aliphatic heterocycles. The molecule has 160 valence electrons. The predicted octanol–water partition coefficient (Wildman–Crippen LogP) is 3.10. The molecular weight excluding hydrogens is 392 g/mol. The molecule has 1 atom stereocenters. The van der Waals surface area contributed by atoms with Gasteiger partial charge in [-0.25, -0.2) is 4.68 Å². The lowest BCUT2D eigenvalue weighted by Gasteiger charge is -2.15. The van der Waals surface area contributed by atoms with Crippen molar-refractivity contribution in [2.75, 3.05) is 7.11 Å². The van der Waals surface area contributed by atoms with Gasteiger partial charge in [0.2, 0.25) is 5.91 Å². The van der Waals surface area contributed by atoms with Crippen LogP contribution < -0.4 is 15.6 Å². The number of fused-ring (bicyclic) bond motifs is 3. The smallest absolute Gasteiger partial charge is 0.291 e. The largest absolute Gasteiger partial charge is 0.496 e. The summed E-state index contributed by atoms with van der Waals surface area (Å²) in [6.45, 7) is 3.67. The number of hydrogen-bond donors (Lipinski definition) is 1. The third kappa shape index (κ3) is 4.17. The van der Waals surface area contributed by atoms with E-state index in [1.807, 2.05) is 50.2 Å². The van der Waals surface area contributed by atoms with Crippen LogP contribution in [-0.2, 0) is 17.8 Å². The van der Waals surface area contributed by atoms with Crippen molar-refractivity contribution in [3.8, 4) is 5.75 Å². The van der Waals surface area contributed by atoms with Gasteiger partial charge in [0.1, 0.15) is 23.6 Å². The molecule has 7 heteroatoms. The highest BCUT2D eigenvalue weighted by atomic mass is 16.5. The molecule has 1 unspecified atom stereocenters. The van der Waals surface area contributed by atoms with Crippen molar-refractivity contribution in [1.82, 2.24) is 19.5 Å². The predicted molar refractivity (Wildman–Crippen MR) is 121 cm³/mol. The minimum absolute atomic E-state index is 0.00612. The fourth-order valence-corrected chi connectivity index (χ4v) is 3.95. The zero-order chi connectivity index (χ0) is 22.0. The lowest BCUT2D eigenvalue weighted by molar-refractivity contribution is -0.122. The Balaban J connectivity index is 1.53. The summed E-state index contributed by atoms with van der Waals surface area (Å²) in [6.07, 6.45) is 1.70. The van der Waals surface area contributed by atoms with Gasteiger partial charge >= 0.3 is 0 Å². The Hall–Kier alpha value is -3.61. The number of nitrogens with one attached hydrogen (secondary N) is 1. The van der Waals surface area contributed by atoms with Crippen LogP contribution in [0.15, 0.2) is 59.4 Å². The highest BCUT2D eigenvalue weighted by molar-refractivity contribution is 5.92. The summed E-state index contributed by atoms with van der Waals surface area (Å²) >= 11 is 0. The van der Waals surface area contributed by atoms with Crippen LogP contribution in [0, 0.1) is 6.92 Å². The van der Waals surface area contributed by atoms with Crippen molar-refractivity contribution in [2.45, 2.75) is 39.3 Å². The highest BCUT2D eigenvalue weighted by Crippen LogP contribution is 2.28. The maximum Gasteiger partial charge on any atom is 0.291 e. The third-order valence-corrected chi connectivity index (χ3v) is 5.48. The molecule has 2 aromatic carbocycles. The van der Waals surface area contributed by atoms with Crippen molar-refractivity contribution in [1.29, 1.82) is 0 Å². The number of aryl methyl sites for hydroxylation is 2. The molecule has 2 heterocycles. The third-order valence-electron chi connectivity index (χ3n) is 5.48. The average molecular weight is 418 g/mol. The van der Waals surface area contributed by atoms with Gasteiger partial charge in [-0.3, -0.25) is 14.0 Å². The van der Waals surface area contributed by atoms with E-state index < -0.39 is 0 Å². The summed E-state index contributed by atoms with van der Waals surface area (Å²) in [5.41, 5.74) is 2.24. The zero-order valence-electron chi connectivity index (χ0n) is 18.0. The van der Waals surface area contributed by atoms with Crippen LogP contribution in [0.5, 0.6) is 5.75 Å². The molecule has 0 fully saturated rings. The Labute approximate surface area is 180 Å². The first-order valence-corrected chi connectivity index (χ1v) is 10.4. The van der Waals surface area contributed by atoms with E-state index in [1.54, 1.807) is 17.6 Å². The summed E-state index contributed by atoms with van der Waals surface area (Å²) in [6, 6.07) is 17.6. The van der Waals surface area contributed by atoms with Crippen LogP contribution in [0.1, 0.15) is 24.7 Å². The number of hydrogen-bond acceptors (Lipinski definition) is 4. The lowest BCUT2D eigenvalue weighted by atomic mass is 10.1. The fourth-order valence-electron chi connectivity index (χ4n) is 3.95. The molecule has 4 aromatic rings. The standard InChI is InChI=1S/C24H26N4O3/c1-16(12-13-18-8-5-4-6-9-18)25-23(29)15-27-24(30)21-14-19-20(28(21)17(2)26-27)10-7-11-22(19)31-3/h4-11,14,16H,12-13,15H2,1-3H3,(H,25,29). The second-order valence-corrected chi connectivity index (χ2v) is 7.76. The molecule has 0 radical (unpaired) electrons. The molecule has 1 N–H and O–H groups in total. The van der Waals surface area contributed by atoms with Gasteiger partial charge < -0.3 is 10.1 Å². The zero-order valence-corrected chi connectivity index (χ0v) is 18.0. The minimum Gasteiger partial charge on any atom is -0.496 e. The van der Waals surface area contributed by atoms with Crippen LogP contribution >= 0.6 is 0 Å². The number of carbonyl (C=O) groups excluding carboxylic acids is 1. The summed E-state index contributed by atoms with van der Waals surface area (Å²) in [5.74, 6) is 1.09.